The second-order valence-electron chi connectivity index (χ2n) is 6.29. The monoisotopic (exact) mass is 454 g/mol. The van der Waals surface area contributed by atoms with Gasteiger partial charge in [0.05, 0.1) is 25.6 Å². The van der Waals surface area contributed by atoms with Crippen molar-refractivity contribution in [2.45, 2.75) is 18.6 Å². The fraction of sp³-hybridized carbons (Fsp3) is 0.300. The lowest BCUT2D eigenvalue weighted by Crippen LogP contribution is -2.39. The molecule has 0 radical (unpaired) electrons. The number of anilines is 2. The van der Waals surface area contributed by atoms with Gasteiger partial charge >= 0.3 is 0 Å². The van der Waals surface area contributed by atoms with Crippen molar-refractivity contribution in [1.82, 2.24) is 0 Å². The molecule has 0 spiro atoms. The first-order chi connectivity index (χ1) is 14.2. The predicted octanol–water partition coefficient (Wildman–Crippen LogP) is 3.13. The first-order valence-corrected chi connectivity index (χ1v) is 11.1. The van der Waals surface area contributed by atoms with Gasteiger partial charge in [-0.1, -0.05) is 30.7 Å². The van der Waals surface area contributed by atoms with E-state index in [4.69, 9.17) is 21.1 Å². The van der Waals surface area contributed by atoms with Crippen LogP contribution in [-0.2, 0) is 19.4 Å². The third-order valence-electron chi connectivity index (χ3n) is 4.23. The van der Waals surface area contributed by atoms with Crippen molar-refractivity contribution in [3.8, 4) is 11.5 Å². The van der Waals surface area contributed by atoms with Gasteiger partial charge < -0.3 is 20.1 Å². The largest absolute Gasteiger partial charge is 0.495 e. The topological polar surface area (TPSA) is 111 Å². The first-order valence-electron chi connectivity index (χ1n) is 9.00. The number of hydrogen-bond donors (Lipinski definition) is 2. The molecule has 0 aliphatic heterocycles. The molecular formula is C20H23ClN2O6S. The van der Waals surface area contributed by atoms with Crippen LogP contribution < -0.4 is 20.1 Å². The Labute approximate surface area is 180 Å². The molecule has 8 nitrogen and oxygen atoms in total. The third-order valence-corrected chi connectivity index (χ3v) is 6.54. The van der Waals surface area contributed by atoms with Crippen molar-refractivity contribution >= 4 is 44.6 Å². The lowest BCUT2D eigenvalue weighted by atomic mass is 10.2. The number of hydrogen-bond acceptors (Lipinski definition) is 6. The zero-order chi connectivity index (χ0) is 22.3. The van der Waals surface area contributed by atoms with E-state index in [1.54, 1.807) is 43.3 Å². The second kappa shape index (κ2) is 10.3. The Hall–Kier alpha value is -2.78. The summed E-state index contributed by atoms with van der Waals surface area (Å²) in [6.45, 7) is 1.55. The maximum atomic E-state index is 12.8. The zero-order valence-corrected chi connectivity index (χ0v) is 18.3. The molecule has 2 rings (SSSR count). The summed E-state index contributed by atoms with van der Waals surface area (Å²) in [6.07, 6.45) is -0.0149. The molecular weight excluding hydrogens is 432 g/mol. The molecule has 2 amide bonds. The van der Waals surface area contributed by atoms with E-state index in [1.165, 1.54) is 20.3 Å². The smallest absolute Gasteiger partial charge is 0.242 e. The van der Waals surface area contributed by atoms with E-state index in [1.807, 2.05) is 0 Å². The van der Waals surface area contributed by atoms with E-state index in [-0.39, 0.29) is 12.1 Å². The predicted molar refractivity (Wildman–Crippen MR) is 116 cm³/mol. The molecule has 0 saturated carbocycles. The van der Waals surface area contributed by atoms with Crippen LogP contribution in [-0.4, -0.2) is 45.5 Å². The van der Waals surface area contributed by atoms with Crippen LogP contribution in [0.3, 0.4) is 0 Å². The average Bonchev–Trinajstić information content (AvgIpc) is 2.68. The lowest BCUT2D eigenvalue weighted by Gasteiger charge is -2.17. The Kier molecular flexibility index (Phi) is 8.08. The third kappa shape index (κ3) is 5.87. The number of sulfone groups is 1. The Bertz CT molecular complexity index is 1030. The van der Waals surface area contributed by atoms with Gasteiger partial charge in [0, 0.05) is 5.02 Å². The number of nitrogens with one attached hydrogen (secondary N) is 2. The van der Waals surface area contributed by atoms with E-state index < -0.39 is 32.7 Å². The maximum Gasteiger partial charge on any atom is 0.242 e. The van der Waals surface area contributed by atoms with Crippen LogP contribution in [0.25, 0.3) is 0 Å². The molecule has 30 heavy (non-hydrogen) atoms. The van der Waals surface area contributed by atoms with Crippen LogP contribution in [0.15, 0.2) is 42.5 Å². The molecule has 0 bridgehead atoms. The zero-order valence-electron chi connectivity index (χ0n) is 16.8. The van der Waals surface area contributed by atoms with Crippen molar-refractivity contribution in [3.05, 3.63) is 47.5 Å². The first kappa shape index (κ1) is 23.5. The van der Waals surface area contributed by atoms with Gasteiger partial charge in [0.25, 0.3) is 0 Å². The summed E-state index contributed by atoms with van der Waals surface area (Å²) < 4.78 is 35.8. The number of rotatable bonds is 9. The molecule has 2 aromatic rings. The summed E-state index contributed by atoms with van der Waals surface area (Å²) in [4.78, 5) is 25.0. The summed E-state index contributed by atoms with van der Waals surface area (Å²) in [5.41, 5.74) is 0.573. The summed E-state index contributed by atoms with van der Waals surface area (Å²) in [5.74, 6) is -1.69. The number of carbonyl (C=O) groups is 2. The van der Waals surface area contributed by atoms with E-state index >= 15 is 0 Å². The number of benzene rings is 2. The molecule has 1 atom stereocenters. The van der Waals surface area contributed by atoms with E-state index in [0.29, 0.717) is 22.2 Å². The summed E-state index contributed by atoms with van der Waals surface area (Å²) in [7, 11) is -1.25. The van der Waals surface area contributed by atoms with Gasteiger partial charge in [0.2, 0.25) is 11.8 Å². The standard InChI is InChI=1S/C20H23ClN2O6S/c1-4-18(20(25)23-15-11-13(21)9-10-17(15)29-3)30(26,27)12-19(24)22-14-7-5-6-8-16(14)28-2/h5-11,18H,4,12H2,1-3H3,(H,22,24)(H,23,25). The molecule has 2 aromatic carbocycles. The molecule has 0 aliphatic rings. The van der Waals surface area contributed by atoms with Crippen LogP contribution in [0.4, 0.5) is 11.4 Å². The van der Waals surface area contributed by atoms with Crippen LogP contribution >= 0.6 is 11.6 Å². The molecule has 1 unspecified atom stereocenters. The van der Waals surface area contributed by atoms with Crippen LogP contribution in [0.1, 0.15) is 13.3 Å². The van der Waals surface area contributed by atoms with Gasteiger partial charge in [-0.3, -0.25) is 9.59 Å². The molecule has 0 aromatic heterocycles. The number of para-hydroxylation sites is 2. The summed E-state index contributed by atoms with van der Waals surface area (Å²) in [5, 5.41) is 3.94. The number of amides is 2. The van der Waals surface area contributed by atoms with Gasteiger partial charge in [0.1, 0.15) is 22.5 Å². The quantitative estimate of drug-likeness (QED) is 0.602. The van der Waals surface area contributed by atoms with Crippen molar-refractivity contribution in [3.63, 3.8) is 0 Å². The Morgan fingerprint density at radius 3 is 2.27 bits per heavy atom. The SMILES string of the molecule is CCC(C(=O)Nc1cc(Cl)ccc1OC)S(=O)(=O)CC(=O)Nc1ccccc1OC. The number of halogens is 1. The fourth-order valence-corrected chi connectivity index (χ4v) is 4.51. The molecule has 10 heteroatoms. The van der Waals surface area contributed by atoms with Gasteiger partial charge in [-0.2, -0.15) is 0 Å². The number of carbonyl (C=O) groups excluding carboxylic acids is 2. The van der Waals surface area contributed by atoms with Crippen LogP contribution in [0.2, 0.25) is 5.02 Å². The normalized spacial score (nSPS) is 12.0. The van der Waals surface area contributed by atoms with Crippen molar-refractivity contribution in [2.75, 3.05) is 30.6 Å². The highest BCUT2D eigenvalue weighted by molar-refractivity contribution is 7.93. The number of methoxy groups -OCH3 is 2. The van der Waals surface area contributed by atoms with E-state index in [0.717, 1.165) is 0 Å². The average molecular weight is 455 g/mol. The summed E-state index contributed by atoms with van der Waals surface area (Å²) >= 11 is 5.94. The van der Waals surface area contributed by atoms with E-state index in [2.05, 4.69) is 10.6 Å². The van der Waals surface area contributed by atoms with Crippen LogP contribution in [0, 0.1) is 0 Å². The summed E-state index contributed by atoms with van der Waals surface area (Å²) in [6, 6.07) is 11.2. The molecule has 0 saturated heterocycles. The highest BCUT2D eigenvalue weighted by Crippen LogP contribution is 2.28. The van der Waals surface area contributed by atoms with Crippen LogP contribution in [0.5, 0.6) is 11.5 Å². The maximum absolute atomic E-state index is 12.8. The van der Waals surface area contributed by atoms with Gasteiger partial charge in [0.15, 0.2) is 9.84 Å². The molecule has 0 heterocycles. The number of ether oxygens (including phenoxy) is 2. The van der Waals surface area contributed by atoms with Crippen molar-refractivity contribution in [2.24, 2.45) is 0 Å². The molecule has 2 N–H and O–H groups in total. The second-order valence-corrected chi connectivity index (χ2v) is 8.91. The van der Waals surface area contributed by atoms with Gasteiger partial charge in [-0.05, 0) is 36.8 Å². The minimum atomic E-state index is -4.10. The highest BCUT2D eigenvalue weighted by atomic mass is 35.5. The minimum absolute atomic E-state index is 0.0149. The van der Waals surface area contributed by atoms with Gasteiger partial charge in [-0.15, -0.1) is 0 Å². The molecule has 0 aliphatic carbocycles. The van der Waals surface area contributed by atoms with Crippen molar-refractivity contribution < 1.29 is 27.5 Å². The van der Waals surface area contributed by atoms with Crippen molar-refractivity contribution in [1.29, 1.82) is 0 Å². The Morgan fingerprint density at radius 1 is 1.00 bits per heavy atom. The Balaban J connectivity index is 2.15. The lowest BCUT2D eigenvalue weighted by molar-refractivity contribution is -0.115. The molecule has 0 fully saturated rings. The molecule has 162 valence electrons. The van der Waals surface area contributed by atoms with Gasteiger partial charge in [-0.25, -0.2) is 8.42 Å². The van der Waals surface area contributed by atoms with E-state index in [9.17, 15) is 18.0 Å². The Morgan fingerprint density at radius 2 is 1.63 bits per heavy atom. The fourth-order valence-electron chi connectivity index (χ4n) is 2.81. The highest BCUT2D eigenvalue weighted by Gasteiger charge is 2.33. The minimum Gasteiger partial charge on any atom is -0.495 e.